The lowest BCUT2D eigenvalue weighted by Gasteiger charge is -2.10. The monoisotopic (exact) mass is 584 g/mol. The number of benzene rings is 7. The summed E-state index contributed by atoms with van der Waals surface area (Å²) in [7, 11) is 0. The molecular formula is C42H28N2. The van der Waals surface area contributed by atoms with Gasteiger partial charge in [-0.15, -0.1) is 0 Å². The number of aromatic nitrogens is 2. The third-order valence-corrected chi connectivity index (χ3v) is 7.11. The number of fused-ring (bicyclic) bond motifs is 6. The Hall–Kier alpha value is -5.86. The van der Waals surface area contributed by atoms with Crippen LogP contribution in [0, 0.1) is 0 Å². The van der Waals surface area contributed by atoms with E-state index >= 15 is 0 Å². The fraction of sp³-hybridized carbons (Fsp3) is 0. The maximum atomic E-state index is 9.73. The van der Waals surface area contributed by atoms with E-state index in [9.17, 15) is 8.22 Å². The van der Waals surface area contributed by atoms with Gasteiger partial charge in [-0.2, -0.15) is 0 Å². The van der Waals surface area contributed by atoms with Crippen molar-refractivity contribution in [2.24, 2.45) is 0 Å². The Kier molecular flexibility index (Phi) is 2.40. The average molecular weight is 585 g/mol. The molecule has 2 heterocycles. The Bertz CT molecular complexity index is 3780. The number of para-hydroxylation sites is 3. The highest BCUT2D eigenvalue weighted by Crippen LogP contribution is 2.38. The van der Waals surface area contributed by atoms with Gasteiger partial charge < -0.3 is 9.13 Å². The smallest absolute Gasteiger partial charge is 0.0645 e. The maximum absolute atomic E-state index is 9.73. The van der Waals surface area contributed by atoms with Crippen LogP contribution in [0.4, 0.5) is 0 Å². The highest BCUT2D eigenvalue weighted by atomic mass is 15.0. The predicted molar refractivity (Wildman–Crippen MR) is 186 cm³/mol. The van der Waals surface area contributed by atoms with Crippen LogP contribution in [-0.4, -0.2) is 9.13 Å². The largest absolute Gasteiger partial charge is 0.309 e. The second-order valence-corrected chi connectivity index (χ2v) is 9.54. The van der Waals surface area contributed by atoms with Crippen LogP contribution in [0.2, 0.25) is 0 Å². The summed E-state index contributed by atoms with van der Waals surface area (Å²) in [4.78, 5) is 0. The predicted octanol–water partition coefficient (Wildman–Crippen LogP) is 11.2. The summed E-state index contributed by atoms with van der Waals surface area (Å²) in [5.74, 6) is 0. The van der Waals surface area contributed by atoms with E-state index in [1.807, 2.05) is 0 Å². The first-order chi connectivity index (χ1) is 31.8. The van der Waals surface area contributed by atoms with Gasteiger partial charge in [0.25, 0.3) is 0 Å². The van der Waals surface area contributed by atoms with Crippen LogP contribution in [-0.2, 0) is 0 Å². The van der Waals surface area contributed by atoms with Crippen molar-refractivity contribution < 1.29 is 32.9 Å². The van der Waals surface area contributed by atoms with E-state index < -0.39 is 182 Å². The molecule has 0 fully saturated rings. The van der Waals surface area contributed by atoms with Gasteiger partial charge in [-0.1, -0.05) is 109 Å². The van der Waals surface area contributed by atoms with Gasteiger partial charge in [0.15, 0.2) is 0 Å². The van der Waals surface area contributed by atoms with Crippen molar-refractivity contribution in [1.82, 2.24) is 9.13 Å². The SMILES string of the molecule is [2H]c1cc([2H])c(-c2c([2H])cc(-n3c4c([2H])c([2H])c([2H])c([2H])c4c4c([2H])c(-c5c([2H])c([2H])c6c(c5[2H])c5c([2H])c([2H])c([2H])c([2H])c5n6-c5c([2H])c([2H])c([2H])c([2H])c5[2H])c([2H])c([2H])c43)cc2[2H])c([2H])c1. The van der Waals surface area contributed by atoms with E-state index in [-0.39, 0.29) is 40.5 Å². The first kappa shape index (κ1) is 10.7. The van der Waals surface area contributed by atoms with Crippen molar-refractivity contribution in [1.29, 1.82) is 0 Å². The van der Waals surface area contributed by atoms with Crippen molar-refractivity contribution >= 4 is 43.6 Å². The Labute approximate surface area is 289 Å². The highest BCUT2D eigenvalue weighted by Gasteiger charge is 2.16. The minimum Gasteiger partial charge on any atom is -0.309 e. The molecule has 2 heteroatoms. The van der Waals surface area contributed by atoms with Crippen molar-refractivity contribution in [3.63, 3.8) is 0 Å². The molecule has 2 nitrogen and oxygen atoms in total. The van der Waals surface area contributed by atoms with Crippen LogP contribution < -0.4 is 0 Å². The van der Waals surface area contributed by atoms with E-state index in [1.165, 1.54) is 0 Å². The van der Waals surface area contributed by atoms with E-state index in [0.717, 1.165) is 33.4 Å². The first-order valence-corrected chi connectivity index (χ1v) is 13.2. The Morgan fingerprint density at radius 1 is 0.341 bits per heavy atom. The van der Waals surface area contributed by atoms with Crippen LogP contribution in [0.25, 0.3) is 77.2 Å². The van der Waals surface area contributed by atoms with E-state index in [2.05, 4.69) is 0 Å². The zero-order valence-electron chi connectivity index (χ0n) is 46.2. The van der Waals surface area contributed by atoms with Crippen molar-refractivity contribution in [3.05, 3.63) is 169 Å². The Morgan fingerprint density at radius 3 is 1.41 bits per heavy atom. The topological polar surface area (TPSA) is 9.86 Å². The average Bonchev–Trinajstić information content (AvgIpc) is 3.83. The molecule has 0 amide bonds. The minimum atomic E-state index is -0.935. The van der Waals surface area contributed by atoms with Crippen LogP contribution >= 0.6 is 0 Å². The van der Waals surface area contributed by atoms with Crippen molar-refractivity contribution in [2.45, 2.75) is 0 Å². The molecule has 0 unspecified atom stereocenters. The molecule has 206 valence electrons. The van der Waals surface area contributed by atoms with Gasteiger partial charge in [0.2, 0.25) is 0 Å². The summed E-state index contributed by atoms with van der Waals surface area (Å²) in [6.07, 6.45) is 0. The molecule has 9 rings (SSSR count). The van der Waals surface area contributed by atoms with Gasteiger partial charge in [-0.3, -0.25) is 0 Å². The minimum absolute atomic E-state index is 0.144. The molecule has 0 saturated heterocycles. The molecule has 0 bridgehead atoms. The second-order valence-electron chi connectivity index (χ2n) is 9.54. The number of rotatable bonds is 4. The van der Waals surface area contributed by atoms with Crippen LogP contribution in [0.5, 0.6) is 0 Å². The molecule has 0 spiro atoms. The second kappa shape index (κ2) is 9.86. The Balaban J connectivity index is 1.46. The molecule has 9 aromatic rings. The summed E-state index contributed by atoms with van der Waals surface area (Å²) >= 11 is 0. The lowest BCUT2D eigenvalue weighted by molar-refractivity contribution is 1.18. The van der Waals surface area contributed by atoms with Crippen molar-refractivity contribution in [2.75, 3.05) is 0 Å². The zero-order valence-corrected chi connectivity index (χ0v) is 22.2. The molecule has 0 saturated carbocycles. The van der Waals surface area contributed by atoms with E-state index in [1.54, 1.807) is 0 Å². The van der Waals surface area contributed by atoms with Crippen LogP contribution in [0.1, 0.15) is 32.9 Å². The molecular weight excluding hydrogens is 532 g/mol. The molecule has 0 atom stereocenters. The van der Waals surface area contributed by atoms with Crippen molar-refractivity contribution in [3.8, 4) is 33.6 Å². The standard InChI is InChI=1S/C42H28N2/c1-3-11-29(12-4-1)30-19-23-34(24-20-30)44-40-18-10-8-16-36(40)38-28-32(22-26-42(38)44)31-21-25-41-37(27-31)35-15-7-9-17-39(35)43(41)33-13-5-2-6-14-33/h1-28H/i1D,2D,5D,6D,7D,8D,9D,10D,11D,12D,13D,14D,15D,16D,17D,18D,19D,20D,21D,22D,25D,26D,27D,28D. The number of hydrogen-bond donors (Lipinski definition) is 0. The van der Waals surface area contributed by atoms with Gasteiger partial charge in [0, 0.05) is 32.9 Å². The normalized spacial score (nSPS) is 19.3. The van der Waals surface area contributed by atoms with Gasteiger partial charge >= 0.3 is 0 Å². The van der Waals surface area contributed by atoms with E-state index in [0.29, 0.717) is 0 Å². The highest BCUT2D eigenvalue weighted by molar-refractivity contribution is 6.12. The van der Waals surface area contributed by atoms with Crippen LogP contribution in [0.3, 0.4) is 0 Å². The first-order valence-electron chi connectivity index (χ1n) is 25.2. The van der Waals surface area contributed by atoms with Gasteiger partial charge in [0.05, 0.1) is 55.0 Å². The molecule has 44 heavy (non-hydrogen) atoms. The summed E-state index contributed by atoms with van der Waals surface area (Å²) in [6.45, 7) is 0. The lowest BCUT2D eigenvalue weighted by atomic mass is 10.0. The van der Waals surface area contributed by atoms with Gasteiger partial charge in [-0.25, -0.2) is 0 Å². The van der Waals surface area contributed by atoms with Crippen LogP contribution in [0.15, 0.2) is 169 Å². The molecule has 0 radical (unpaired) electrons. The lowest BCUT2D eigenvalue weighted by Crippen LogP contribution is -1.93. The van der Waals surface area contributed by atoms with Gasteiger partial charge in [-0.05, 0) is 82.7 Å². The summed E-state index contributed by atoms with van der Waals surface area (Å²) in [5, 5.41) is -1.82. The maximum Gasteiger partial charge on any atom is 0.0645 e. The number of hydrogen-bond acceptors (Lipinski definition) is 0. The van der Waals surface area contributed by atoms with E-state index in [4.69, 9.17) is 24.7 Å². The number of nitrogens with zero attached hydrogens (tertiary/aromatic N) is 2. The summed E-state index contributed by atoms with van der Waals surface area (Å²) in [5.41, 5.74) is -4.44. The fourth-order valence-corrected chi connectivity index (χ4v) is 5.22. The molecule has 0 aliphatic carbocycles. The third kappa shape index (κ3) is 3.82. The molecule has 2 aromatic heterocycles. The summed E-state index contributed by atoms with van der Waals surface area (Å²) in [6, 6.07) is -12.7. The van der Waals surface area contributed by atoms with Gasteiger partial charge in [0.1, 0.15) is 0 Å². The third-order valence-electron chi connectivity index (χ3n) is 7.11. The molecule has 0 aliphatic heterocycles. The molecule has 0 aliphatic rings. The quantitative estimate of drug-likeness (QED) is 0.195. The Morgan fingerprint density at radius 2 is 0.818 bits per heavy atom. The zero-order chi connectivity index (χ0) is 49.9. The fourth-order valence-electron chi connectivity index (χ4n) is 5.22. The summed E-state index contributed by atoms with van der Waals surface area (Å²) < 4.78 is 214. The molecule has 7 aromatic carbocycles. The molecule has 0 N–H and O–H groups in total.